The number of nitrogens with zero attached hydrogens (tertiary/aromatic N) is 2. The Kier molecular flexibility index (Phi) is 4.89. The molecule has 1 aromatic rings. The van der Waals surface area contributed by atoms with Gasteiger partial charge in [0.2, 0.25) is 0 Å². The predicted molar refractivity (Wildman–Crippen MR) is 74.2 cm³/mol. The Balaban J connectivity index is 2.27. The van der Waals surface area contributed by atoms with Crippen LogP contribution in [0.25, 0.3) is 0 Å². The number of hydrogen-bond donors (Lipinski definition) is 3. The average Bonchev–Trinajstić information content (AvgIpc) is 2.53. The number of hydrogen-bond acceptors (Lipinski definition) is 6. The predicted octanol–water partition coefficient (Wildman–Crippen LogP) is -0.237. The third-order valence-corrected chi connectivity index (χ3v) is 3.33. The molecule has 4 N–H and O–H groups in total. The maximum absolute atomic E-state index is 12.6. The van der Waals surface area contributed by atoms with Crippen molar-refractivity contribution < 1.29 is 14.6 Å². The molecule has 1 unspecified atom stereocenters. The van der Waals surface area contributed by atoms with Gasteiger partial charge in [0.05, 0.1) is 25.9 Å². The highest BCUT2D eigenvalue weighted by Gasteiger charge is 2.28. The van der Waals surface area contributed by atoms with Crippen LogP contribution in [0.1, 0.15) is 23.0 Å². The van der Waals surface area contributed by atoms with E-state index in [-0.39, 0.29) is 18.6 Å². The van der Waals surface area contributed by atoms with Gasteiger partial charge in [-0.2, -0.15) is 0 Å². The zero-order valence-corrected chi connectivity index (χ0v) is 11.5. The first-order chi connectivity index (χ1) is 9.69. The summed E-state index contributed by atoms with van der Waals surface area (Å²) in [6.45, 7) is 3.16. The quantitative estimate of drug-likeness (QED) is 0.520. The van der Waals surface area contributed by atoms with E-state index in [1.807, 2.05) is 6.92 Å². The SMILES string of the molecule is CCc1cc(C(=O)N2CCOCC2CO)cc(NN)n1. The van der Waals surface area contributed by atoms with E-state index < -0.39 is 0 Å². The molecule has 1 saturated heterocycles. The molecular formula is C13H20N4O3. The number of aliphatic hydroxyl groups is 1. The Bertz CT molecular complexity index is 458. The van der Waals surface area contributed by atoms with E-state index in [9.17, 15) is 9.90 Å². The van der Waals surface area contributed by atoms with E-state index in [2.05, 4.69) is 10.4 Å². The molecule has 1 aliphatic rings. The molecule has 1 fully saturated rings. The number of nitrogen functional groups attached to an aromatic ring is 1. The number of nitrogens with one attached hydrogen (secondary N) is 1. The molecule has 1 aliphatic heterocycles. The van der Waals surface area contributed by atoms with E-state index >= 15 is 0 Å². The highest BCUT2D eigenvalue weighted by molar-refractivity contribution is 5.95. The third-order valence-electron chi connectivity index (χ3n) is 3.33. The molecule has 20 heavy (non-hydrogen) atoms. The van der Waals surface area contributed by atoms with Crippen molar-refractivity contribution in [3.05, 3.63) is 23.4 Å². The van der Waals surface area contributed by atoms with Crippen LogP contribution in [-0.4, -0.2) is 53.3 Å². The average molecular weight is 280 g/mol. The number of rotatable bonds is 4. The van der Waals surface area contributed by atoms with Gasteiger partial charge in [0.1, 0.15) is 5.82 Å². The second kappa shape index (κ2) is 6.65. The Labute approximate surface area is 117 Å². The highest BCUT2D eigenvalue weighted by atomic mass is 16.5. The molecule has 0 spiro atoms. The number of carbonyl (C=O) groups excluding carboxylic acids is 1. The molecule has 0 bridgehead atoms. The van der Waals surface area contributed by atoms with E-state index in [4.69, 9.17) is 10.6 Å². The highest BCUT2D eigenvalue weighted by Crippen LogP contribution is 2.16. The molecule has 1 amide bonds. The second-order valence-electron chi connectivity index (χ2n) is 4.64. The van der Waals surface area contributed by atoms with Crippen molar-refractivity contribution >= 4 is 11.7 Å². The van der Waals surface area contributed by atoms with Crippen LogP contribution in [0, 0.1) is 0 Å². The fraction of sp³-hybridized carbons (Fsp3) is 0.538. The molecule has 0 saturated carbocycles. The van der Waals surface area contributed by atoms with Gasteiger partial charge in [-0.25, -0.2) is 10.8 Å². The van der Waals surface area contributed by atoms with Crippen molar-refractivity contribution in [2.45, 2.75) is 19.4 Å². The number of morpholine rings is 1. The summed E-state index contributed by atoms with van der Waals surface area (Å²) in [7, 11) is 0. The lowest BCUT2D eigenvalue weighted by molar-refractivity contribution is -0.0184. The molecule has 2 heterocycles. The molecule has 110 valence electrons. The Morgan fingerprint density at radius 1 is 1.65 bits per heavy atom. The summed E-state index contributed by atoms with van der Waals surface area (Å²) in [6, 6.07) is 3.07. The summed E-state index contributed by atoms with van der Waals surface area (Å²) >= 11 is 0. The normalized spacial score (nSPS) is 18.9. The molecule has 2 rings (SSSR count). The molecule has 0 aromatic carbocycles. The standard InChI is InChI=1S/C13H20N4O3/c1-2-10-5-9(6-12(15-10)16-14)13(19)17-3-4-20-8-11(17)7-18/h5-6,11,18H,2-4,7-8,14H2,1H3,(H,15,16). The maximum Gasteiger partial charge on any atom is 0.254 e. The van der Waals surface area contributed by atoms with Crippen LogP contribution in [0.3, 0.4) is 0 Å². The molecule has 7 nitrogen and oxygen atoms in total. The largest absolute Gasteiger partial charge is 0.394 e. The van der Waals surface area contributed by atoms with E-state index in [0.717, 1.165) is 5.69 Å². The molecular weight excluding hydrogens is 260 g/mol. The number of aliphatic hydroxyl groups excluding tert-OH is 1. The number of pyridine rings is 1. The van der Waals surface area contributed by atoms with Crippen molar-refractivity contribution in [1.29, 1.82) is 0 Å². The van der Waals surface area contributed by atoms with E-state index in [0.29, 0.717) is 37.6 Å². The summed E-state index contributed by atoms with van der Waals surface area (Å²) in [5.41, 5.74) is 3.78. The van der Waals surface area contributed by atoms with Gasteiger partial charge in [-0.1, -0.05) is 6.92 Å². The lowest BCUT2D eigenvalue weighted by Crippen LogP contribution is -2.50. The smallest absolute Gasteiger partial charge is 0.254 e. The number of aromatic nitrogens is 1. The van der Waals surface area contributed by atoms with Crippen LogP contribution < -0.4 is 11.3 Å². The van der Waals surface area contributed by atoms with Crippen molar-refractivity contribution in [2.75, 3.05) is 31.8 Å². The number of aryl methyl sites for hydroxylation is 1. The topological polar surface area (TPSA) is 101 Å². The maximum atomic E-state index is 12.6. The van der Waals surface area contributed by atoms with Crippen LogP contribution in [0.4, 0.5) is 5.82 Å². The summed E-state index contributed by atoms with van der Waals surface area (Å²) in [6.07, 6.45) is 0.711. The molecule has 1 aromatic heterocycles. The fourth-order valence-corrected chi connectivity index (χ4v) is 2.21. The summed E-state index contributed by atoms with van der Waals surface area (Å²) in [4.78, 5) is 18.5. The summed E-state index contributed by atoms with van der Waals surface area (Å²) in [5.74, 6) is 5.70. The molecule has 7 heteroatoms. The van der Waals surface area contributed by atoms with Crippen LogP contribution >= 0.6 is 0 Å². The minimum Gasteiger partial charge on any atom is -0.394 e. The monoisotopic (exact) mass is 280 g/mol. The molecule has 0 aliphatic carbocycles. The molecule has 1 atom stereocenters. The number of amides is 1. The zero-order chi connectivity index (χ0) is 14.5. The summed E-state index contributed by atoms with van der Waals surface area (Å²) < 4.78 is 5.28. The Morgan fingerprint density at radius 3 is 3.10 bits per heavy atom. The second-order valence-corrected chi connectivity index (χ2v) is 4.64. The first-order valence-corrected chi connectivity index (χ1v) is 6.66. The number of nitrogens with two attached hydrogens (primary N) is 1. The lowest BCUT2D eigenvalue weighted by atomic mass is 10.1. The van der Waals surface area contributed by atoms with Crippen LogP contribution in [-0.2, 0) is 11.2 Å². The Morgan fingerprint density at radius 2 is 2.45 bits per heavy atom. The van der Waals surface area contributed by atoms with Gasteiger partial charge >= 0.3 is 0 Å². The fourth-order valence-electron chi connectivity index (χ4n) is 2.21. The van der Waals surface area contributed by atoms with Crippen molar-refractivity contribution in [3.63, 3.8) is 0 Å². The summed E-state index contributed by atoms with van der Waals surface area (Å²) in [5, 5.41) is 9.34. The minimum atomic E-state index is -0.302. The first kappa shape index (κ1) is 14.7. The van der Waals surface area contributed by atoms with Gasteiger partial charge in [0.25, 0.3) is 5.91 Å². The van der Waals surface area contributed by atoms with Crippen LogP contribution in [0.2, 0.25) is 0 Å². The number of hydrazine groups is 1. The van der Waals surface area contributed by atoms with Crippen molar-refractivity contribution in [1.82, 2.24) is 9.88 Å². The van der Waals surface area contributed by atoms with Crippen molar-refractivity contribution in [3.8, 4) is 0 Å². The molecule has 0 radical (unpaired) electrons. The lowest BCUT2D eigenvalue weighted by Gasteiger charge is -2.34. The van der Waals surface area contributed by atoms with Crippen LogP contribution in [0.15, 0.2) is 12.1 Å². The van der Waals surface area contributed by atoms with Gasteiger partial charge in [-0.15, -0.1) is 0 Å². The van der Waals surface area contributed by atoms with Gasteiger partial charge in [0.15, 0.2) is 0 Å². The number of anilines is 1. The first-order valence-electron chi connectivity index (χ1n) is 6.66. The Hall–Kier alpha value is -1.70. The van der Waals surface area contributed by atoms with Crippen molar-refractivity contribution in [2.24, 2.45) is 5.84 Å². The van der Waals surface area contributed by atoms with Gasteiger partial charge < -0.3 is 20.2 Å². The van der Waals surface area contributed by atoms with E-state index in [1.165, 1.54) is 0 Å². The van der Waals surface area contributed by atoms with Gasteiger partial charge in [0, 0.05) is 17.8 Å². The number of ether oxygens (including phenoxy) is 1. The van der Waals surface area contributed by atoms with E-state index in [1.54, 1.807) is 17.0 Å². The van der Waals surface area contributed by atoms with Gasteiger partial charge in [-0.05, 0) is 18.6 Å². The van der Waals surface area contributed by atoms with Gasteiger partial charge in [-0.3, -0.25) is 4.79 Å². The minimum absolute atomic E-state index is 0.112. The number of carbonyl (C=O) groups is 1. The zero-order valence-electron chi connectivity index (χ0n) is 11.5. The third kappa shape index (κ3) is 3.06. The van der Waals surface area contributed by atoms with Crippen LogP contribution in [0.5, 0.6) is 0 Å².